The van der Waals surface area contributed by atoms with Crippen molar-refractivity contribution in [1.29, 1.82) is 0 Å². The molecule has 0 fully saturated rings. The highest BCUT2D eigenvalue weighted by atomic mass is 32.2. The molecule has 4 nitrogen and oxygen atoms in total. The minimum atomic E-state index is -3.42. The molecule has 0 unspecified atom stereocenters. The van der Waals surface area contributed by atoms with E-state index in [9.17, 15) is 8.42 Å². The first-order valence-electron chi connectivity index (χ1n) is 4.72. The highest BCUT2D eigenvalue weighted by molar-refractivity contribution is 7.89. The van der Waals surface area contributed by atoms with E-state index in [0.717, 1.165) is 9.98 Å². The van der Waals surface area contributed by atoms with E-state index in [-0.39, 0.29) is 0 Å². The Kier molecular flexibility index (Phi) is 2.48. The van der Waals surface area contributed by atoms with Crippen LogP contribution in [0.4, 0.5) is 0 Å². The third-order valence-electron chi connectivity index (χ3n) is 2.26. The fourth-order valence-electron chi connectivity index (χ4n) is 1.39. The van der Waals surface area contributed by atoms with E-state index in [2.05, 4.69) is 5.10 Å². The Balaban J connectivity index is 2.37. The Hall–Kier alpha value is -1.36. The van der Waals surface area contributed by atoms with Crippen molar-refractivity contribution in [3.63, 3.8) is 0 Å². The summed E-state index contributed by atoms with van der Waals surface area (Å²) in [7, 11) is -3.42. The minimum Gasteiger partial charge on any atom is -0.200 e. The molecule has 1 aromatic rings. The molecular weight excluding hydrogens is 212 g/mol. The molecule has 0 atom stereocenters. The molecule has 1 aliphatic rings. The largest absolute Gasteiger partial charge is 0.278 e. The summed E-state index contributed by atoms with van der Waals surface area (Å²) in [5.41, 5.74) is 1.04. The second-order valence-electron chi connectivity index (χ2n) is 3.45. The van der Waals surface area contributed by atoms with Crippen molar-refractivity contribution in [2.24, 2.45) is 5.10 Å². The zero-order valence-electron chi connectivity index (χ0n) is 8.42. The summed E-state index contributed by atoms with van der Waals surface area (Å²) < 4.78 is 25.1. The number of aryl methyl sites for hydroxylation is 1. The topological polar surface area (TPSA) is 49.7 Å². The molecule has 0 spiro atoms. The van der Waals surface area contributed by atoms with Crippen LogP contribution in [0.5, 0.6) is 0 Å². The van der Waals surface area contributed by atoms with Crippen LogP contribution >= 0.6 is 0 Å². The van der Waals surface area contributed by atoms with E-state index in [1.807, 2.05) is 6.92 Å². The van der Waals surface area contributed by atoms with Crippen LogP contribution in [0.15, 0.2) is 34.3 Å². The maximum Gasteiger partial charge on any atom is 0.278 e. The van der Waals surface area contributed by atoms with Crippen LogP contribution < -0.4 is 0 Å². The molecule has 1 heterocycles. The van der Waals surface area contributed by atoms with Gasteiger partial charge in [0.2, 0.25) is 0 Å². The van der Waals surface area contributed by atoms with Gasteiger partial charge in [-0.05, 0) is 19.1 Å². The van der Waals surface area contributed by atoms with Gasteiger partial charge in [0.25, 0.3) is 10.0 Å². The number of hydrogen-bond acceptors (Lipinski definition) is 3. The molecule has 1 aliphatic heterocycles. The normalized spacial score (nSPS) is 15.9. The fourth-order valence-corrected chi connectivity index (χ4v) is 2.65. The van der Waals surface area contributed by atoms with Gasteiger partial charge in [0.1, 0.15) is 0 Å². The lowest BCUT2D eigenvalue weighted by Gasteiger charge is -2.14. The number of hydrogen-bond donors (Lipinski definition) is 0. The second-order valence-corrected chi connectivity index (χ2v) is 5.29. The van der Waals surface area contributed by atoms with Gasteiger partial charge in [-0.1, -0.05) is 17.7 Å². The highest BCUT2D eigenvalue weighted by Crippen LogP contribution is 2.18. The van der Waals surface area contributed by atoms with Crippen molar-refractivity contribution in [3.05, 3.63) is 29.8 Å². The average molecular weight is 224 g/mol. The van der Waals surface area contributed by atoms with Crippen molar-refractivity contribution in [1.82, 2.24) is 4.41 Å². The predicted octanol–water partition coefficient (Wildman–Crippen LogP) is 1.38. The van der Waals surface area contributed by atoms with E-state index in [0.29, 0.717) is 17.9 Å². The molecule has 0 amide bonds. The zero-order valence-corrected chi connectivity index (χ0v) is 9.24. The Morgan fingerprint density at radius 2 is 1.93 bits per heavy atom. The van der Waals surface area contributed by atoms with Gasteiger partial charge in [-0.25, -0.2) is 0 Å². The zero-order chi connectivity index (χ0) is 10.9. The van der Waals surface area contributed by atoms with E-state index in [1.54, 1.807) is 30.5 Å². The molecule has 2 rings (SSSR count). The fraction of sp³-hybridized carbons (Fsp3) is 0.300. The molecule has 0 aliphatic carbocycles. The van der Waals surface area contributed by atoms with Crippen LogP contribution in [0.3, 0.4) is 0 Å². The molecule has 5 heteroatoms. The second kappa shape index (κ2) is 3.66. The molecule has 0 radical (unpaired) electrons. The monoisotopic (exact) mass is 224 g/mol. The SMILES string of the molecule is Cc1ccc(S(=O)(=O)N2CCC=N2)cc1. The summed E-state index contributed by atoms with van der Waals surface area (Å²) >= 11 is 0. The number of benzene rings is 1. The lowest BCUT2D eigenvalue weighted by Crippen LogP contribution is -2.23. The molecular formula is C10H12N2O2S. The van der Waals surface area contributed by atoms with Gasteiger partial charge >= 0.3 is 0 Å². The maximum atomic E-state index is 12.0. The predicted molar refractivity (Wildman–Crippen MR) is 58.2 cm³/mol. The van der Waals surface area contributed by atoms with Crippen LogP contribution in [-0.2, 0) is 10.0 Å². The molecule has 0 aromatic heterocycles. The molecule has 0 bridgehead atoms. The van der Waals surface area contributed by atoms with Crippen LogP contribution in [0, 0.1) is 6.92 Å². The van der Waals surface area contributed by atoms with Crippen LogP contribution in [0.1, 0.15) is 12.0 Å². The van der Waals surface area contributed by atoms with Crippen LogP contribution in [-0.4, -0.2) is 25.6 Å². The van der Waals surface area contributed by atoms with Gasteiger partial charge in [-0.3, -0.25) is 0 Å². The standard InChI is InChI=1S/C10H12N2O2S/c1-9-3-5-10(6-4-9)15(13,14)12-8-2-7-11-12/h3-7H,2,8H2,1H3. The first-order valence-corrected chi connectivity index (χ1v) is 6.16. The van der Waals surface area contributed by atoms with Crippen molar-refractivity contribution < 1.29 is 8.42 Å². The van der Waals surface area contributed by atoms with Gasteiger partial charge < -0.3 is 0 Å². The molecule has 0 saturated heterocycles. The molecule has 80 valence electrons. The molecule has 15 heavy (non-hydrogen) atoms. The molecule has 1 aromatic carbocycles. The van der Waals surface area contributed by atoms with Crippen molar-refractivity contribution >= 4 is 16.2 Å². The quantitative estimate of drug-likeness (QED) is 0.762. The number of rotatable bonds is 2. The summed E-state index contributed by atoms with van der Waals surface area (Å²) in [4.78, 5) is 0.298. The first kappa shape index (κ1) is 10.2. The van der Waals surface area contributed by atoms with Gasteiger partial charge in [-0.2, -0.15) is 17.9 Å². The van der Waals surface area contributed by atoms with Gasteiger partial charge in [0, 0.05) is 12.6 Å². The summed E-state index contributed by atoms with van der Waals surface area (Å²) in [6.45, 7) is 2.36. The third-order valence-corrected chi connectivity index (χ3v) is 3.96. The smallest absolute Gasteiger partial charge is 0.200 e. The Morgan fingerprint density at radius 3 is 2.47 bits per heavy atom. The van der Waals surface area contributed by atoms with Crippen molar-refractivity contribution in [3.8, 4) is 0 Å². The van der Waals surface area contributed by atoms with Gasteiger partial charge in [0.15, 0.2) is 0 Å². The maximum absolute atomic E-state index is 12.0. The van der Waals surface area contributed by atoms with Crippen LogP contribution in [0.25, 0.3) is 0 Å². The van der Waals surface area contributed by atoms with E-state index >= 15 is 0 Å². The number of nitrogens with zero attached hydrogens (tertiary/aromatic N) is 2. The minimum absolute atomic E-state index is 0.298. The Morgan fingerprint density at radius 1 is 1.27 bits per heavy atom. The first-order chi connectivity index (χ1) is 7.10. The van der Waals surface area contributed by atoms with E-state index < -0.39 is 10.0 Å². The Labute approximate surface area is 89.3 Å². The summed E-state index contributed by atoms with van der Waals surface area (Å²) in [5.74, 6) is 0. The summed E-state index contributed by atoms with van der Waals surface area (Å²) in [6, 6.07) is 6.79. The highest BCUT2D eigenvalue weighted by Gasteiger charge is 2.24. The average Bonchev–Trinajstić information content (AvgIpc) is 2.71. The number of sulfonamides is 1. The van der Waals surface area contributed by atoms with Crippen molar-refractivity contribution in [2.45, 2.75) is 18.2 Å². The lowest BCUT2D eigenvalue weighted by molar-refractivity contribution is 0.461. The lowest BCUT2D eigenvalue weighted by atomic mass is 10.2. The van der Waals surface area contributed by atoms with Crippen LogP contribution in [0.2, 0.25) is 0 Å². The van der Waals surface area contributed by atoms with E-state index in [4.69, 9.17) is 0 Å². The third kappa shape index (κ3) is 1.87. The number of hydrazone groups is 1. The summed E-state index contributed by atoms with van der Waals surface area (Å²) in [5, 5.41) is 3.83. The van der Waals surface area contributed by atoms with E-state index in [1.165, 1.54) is 0 Å². The Bertz CT molecular complexity index is 477. The van der Waals surface area contributed by atoms with Gasteiger partial charge in [-0.15, -0.1) is 0 Å². The van der Waals surface area contributed by atoms with Crippen molar-refractivity contribution in [2.75, 3.05) is 6.54 Å². The molecule has 0 saturated carbocycles. The molecule has 0 N–H and O–H groups in total. The summed E-state index contributed by atoms with van der Waals surface area (Å²) in [6.07, 6.45) is 2.30. The van der Waals surface area contributed by atoms with Gasteiger partial charge in [0.05, 0.1) is 11.4 Å².